The summed E-state index contributed by atoms with van der Waals surface area (Å²) in [4.78, 5) is 17.1. The number of rotatable bonds is 5. The van der Waals surface area contributed by atoms with E-state index >= 15 is 0 Å². The zero-order valence-corrected chi connectivity index (χ0v) is 16.4. The van der Waals surface area contributed by atoms with Crippen molar-refractivity contribution in [2.45, 2.75) is 23.9 Å². The molecule has 2 heterocycles. The van der Waals surface area contributed by atoms with Crippen LogP contribution in [0.15, 0.2) is 41.6 Å². The Morgan fingerprint density at radius 2 is 2.11 bits per heavy atom. The zero-order chi connectivity index (χ0) is 19.0. The molecule has 0 fully saturated rings. The molecule has 4 rings (SSSR count). The average molecular weight is 404 g/mol. The minimum Gasteiger partial charge on any atom is -0.454 e. The summed E-state index contributed by atoms with van der Waals surface area (Å²) < 4.78 is 12.6. The van der Waals surface area contributed by atoms with E-state index in [-0.39, 0.29) is 18.0 Å². The lowest BCUT2D eigenvalue weighted by molar-refractivity contribution is -0.120. The Balaban J connectivity index is 1.40. The van der Waals surface area contributed by atoms with Gasteiger partial charge in [0.2, 0.25) is 12.7 Å². The van der Waals surface area contributed by atoms with Gasteiger partial charge in [-0.2, -0.15) is 0 Å². The molecule has 0 spiro atoms. The Kier molecular flexibility index (Phi) is 4.88. The summed E-state index contributed by atoms with van der Waals surface area (Å²) >= 11 is 7.45. The SMILES string of the molecule is C[C@H](Sc1nc2cc(Cl)ccc2n1C)C(=O)NCc1ccc2c(c1)OCO2. The Morgan fingerprint density at radius 3 is 2.96 bits per heavy atom. The van der Waals surface area contributed by atoms with Crippen molar-refractivity contribution in [3.63, 3.8) is 0 Å². The third-order valence-electron chi connectivity index (χ3n) is 4.36. The van der Waals surface area contributed by atoms with Gasteiger partial charge in [0.25, 0.3) is 0 Å². The van der Waals surface area contributed by atoms with E-state index in [9.17, 15) is 4.79 Å². The largest absolute Gasteiger partial charge is 0.454 e. The highest BCUT2D eigenvalue weighted by atomic mass is 35.5. The minimum absolute atomic E-state index is 0.0530. The first kappa shape index (κ1) is 18.0. The van der Waals surface area contributed by atoms with Crippen LogP contribution < -0.4 is 14.8 Å². The number of aromatic nitrogens is 2. The maximum absolute atomic E-state index is 12.5. The van der Waals surface area contributed by atoms with E-state index in [2.05, 4.69) is 10.3 Å². The fourth-order valence-electron chi connectivity index (χ4n) is 2.85. The van der Waals surface area contributed by atoms with E-state index in [1.54, 1.807) is 0 Å². The highest BCUT2D eigenvalue weighted by Crippen LogP contribution is 2.32. The van der Waals surface area contributed by atoms with E-state index in [1.807, 2.05) is 54.9 Å². The number of carbonyl (C=O) groups excluding carboxylic acids is 1. The number of nitrogens with zero attached hydrogens (tertiary/aromatic N) is 2. The monoisotopic (exact) mass is 403 g/mol. The summed E-state index contributed by atoms with van der Waals surface area (Å²) in [6.45, 7) is 2.53. The molecule has 0 bridgehead atoms. The maximum atomic E-state index is 12.5. The topological polar surface area (TPSA) is 65.4 Å². The molecule has 1 atom stereocenters. The zero-order valence-electron chi connectivity index (χ0n) is 14.9. The van der Waals surface area contributed by atoms with E-state index in [4.69, 9.17) is 21.1 Å². The van der Waals surface area contributed by atoms with E-state index in [0.29, 0.717) is 17.3 Å². The van der Waals surface area contributed by atoms with Gasteiger partial charge in [-0.05, 0) is 42.8 Å². The Bertz CT molecular complexity index is 1020. The number of nitrogens with one attached hydrogen (secondary N) is 1. The van der Waals surface area contributed by atoms with E-state index < -0.39 is 0 Å². The molecule has 1 N–H and O–H groups in total. The number of halogens is 1. The number of amides is 1. The molecule has 1 aliphatic heterocycles. The van der Waals surface area contributed by atoms with Crippen LogP contribution in [-0.2, 0) is 18.4 Å². The average Bonchev–Trinajstić information content (AvgIpc) is 3.23. The second-order valence-corrected chi connectivity index (χ2v) is 8.00. The van der Waals surface area contributed by atoms with Gasteiger partial charge in [0.1, 0.15) is 0 Å². The van der Waals surface area contributed by atoms with Gasteiger partial charge in [0, 0.05) is 18.6 Å². The lowest BCUT2D eigenvalue weighted by atomic mass is 10.2. The van der Waals surface area contributed by atoms with Crippen LogP contribution in [-0.4, -0.2) is 27.5 Å². The van der Waals surface area contributed by atoms with Gasteiger partial charge in [-0.15, -0.1) is 0 Å². The van der Waals surface area contributed by atoms with Crippen molar-refractivity contribution >= 4 is 40.3 Å². The molecule has 1 aliphatic rings. The minimum atomic E-state index is -0.287. The molecule has 2 aromatic carbocycles. The van der Waals surface area contributed by atoms with Crippen molar-refractivity contribution in [2.75, 3.05) is 6.79 Å². The number of thioether (sulfide) groups is 1. The van der Waals surface area contributed by atoms with Gasteiger partial charge in [0.15, 0.2) is 16.7 Å². The second kappa shape index (κ2) is 7.32. The van der Waals surface area contributed by atoms with Crippen LogP contribution in [0.5, 0.6) is 11.5 Å². The number of ether oxygens (including phenoxy) is 2. The van der Waals surface area contributed by atoms with Crippen molar-refractivity contribution in [1.29, 1.82) is 0 Å². The number of imidazole rings is 1. The number of aryl methyl sites for hydroxylation is 1. The van der Waals surface area contributed by atoms with Crippen LogP contribution >= 0.6 is 23.4 Å². The summed E-state index contributed by atoms with van der Waals surface area (Å²) in [6, 6.07) is 11.2. The van der Waals surface area contributed by atoms with E-state index in [0.717, 1.165) is 27.5 Å². The summed E-state index contributed by atoms with van der Waals surface area (Å²) in [5, 5.41) is 4.09. The molecule has 8 heteroatoms. The second-order valence-electron chi connectivity index (χ2n) is 6.25. The summed E-state index contributed by atoms with van der Waals surface area (Å²) in [6.07, 6.45) is 0. The van der Waals surface area contributed by atoms with Crippen molar-refractivity contribution in [3.05, 3.63) is 47.0 Å². The normalized spacial score (nSPS) is 13.7. The van der Waals surface area contributed by atoms with Crippen LogP contribution in [0.25, 0.3) is 11.0 Å². The first-order chi connectivity index (χ1) is 13.0. The maximum Gasteiger partial charge on any atom is 0.233 e. The molecule has 0 aliphatic carbocycles. The molecule has 0 saturated heterocycles. The molecule has 27 heavy (non-hydrogen) atoms. The van der Waals surface area contributed by atoms with Crippen molar-refractivity contribution in [3.8, 4) is 11.5 Å². The van der Waals surface area contributed by atoms with Crippen LogP contribution in [0.1, 0.15) is 12.5 Å². The third-order valence-corrected chi connectivity index (χ3v) is 5.74. The molecular weight excluding hydrogens is 386 g/mol. The Hall–Kier alpha value is -2.38. The lowest BCUT2D eigenvalue weighted by Gasteiger charge is -2.12. The smallest absolute Gasteiger partial charge is 0.233 e. The molecule has 1 amide bonds. The standard InChI is InChI=1S/C19H18ClN3O3S/c1-11(27-19-22-14-8-13(20)4-5-15(14)23(19)2)18(24)21-9-12-3-6-16-17(7-12)26-10-25-16/h3-8,11H,9-10H2,1-2H3,(H,21,24)/t11-/m0/s1. The molecule has 0 unspecified atom stereocenters. The van der Waals surface area contributed by atoms with Crippen LogP contribution in [0, 0.1) is 0 Å². The quantitative estimate of drug-likeness (QED) is 0.657. The number of benzene rings is 2. The van der Waals surface area contributed by atoms with Crippen LogP contribution in [0.4, 0.5) is 0 Å². The van der Waals surface area contributed by atoms with Gasteiger partial charge in [-0.3, -0.25) is 4.79 Å². The predicted molar refractivity (Wildman–Crippen MR) is 105 cm³/mol. The fraction of sp³-hybridized carbons (Fsp3) is 0.263. The number of carbonyl (C=O) groups is 1. The number of hydrogen-bond acceptors (Lipinski definition) is 5. The third kappa shape index (κ3) is 3.70. The molecule has 6 nitrogen and oxygen atoms in total. The fourth-order valence-corrected chi connectivity index (χ4v) is 3.93. The molecule has 140 valence electrons. The van der Waals surface area contributed by atoms with Gasteiger partial charge < -0.3 is 19.4 Å². The van der Waals surface area contributed by atoms with Gasteiger partial charge in [-0.25, -0.2) is 4.98 Å². The van der Waals surface area contributed by atoms with Crippen molar-refractivity contribution < 1.29 is 14.3 Å². The van der Waals surface area contributed by atoms with E-state index in [1.165, 1.54) is 11.8 Å². The predicted octanol–water partition coefficient (Wildman–Crippen LogP) is 3.75. The van der Waals surface area contributed by atoms with Crippen LogP contribution in [0.3, 0.4) is 0 Å². The first-order valence-corrected chi connectivity index (χ1v) is 9.72. The van der Waals surface area contributed by atoms with Gasteiger partial charge in [0.05, 0.1) is 16.3 Å². The Morgan fingerprint density at radius 1 is 1.30 bits per heavy atom. The van der Waals surface area contributed by atoms with Crippen LogP contribution in [0.2, 0.25) is 5.02 Å². The molecule has 0 radical (unpaired) electrons. The molecular formula is C19H18ClN3O3S. The lowest BCUT2D eigenvalue weighted by Crippen LogP contribution is -2.30. The first-order valence-electron chi connectivity index (χ1n) is 8.46. The van der Waals surface area contributed by atoms with Crippen molar-refractivity contribution in [1.82, 2.24) is 14.9 Å². The molecule has 3 aromatic rings. The summed E-state index contributed by atoms with van der Waals surface area (Å²) in [5.74, 6) is 1.39. The van der Waals surface area contributed by atoms with Gasteiger partial charge in [-0.1, -0.05) is 29.4 Å². The molecule has 0 saturated carbocycles. The number of fused-ring (bicyclic) bond motifs is 2. The summed E-state index contributed by atoms with van der Waals surface area (Å²) in [7, 11) is 1.93. The number of hydrogen-bond donors (Lipinski definition) is 1. The molecule has 1 aromatic heterocycles. The highest BCUT2D eigenvalue weighted by Gasteiger charge is 2.19. The highest BCUT2D eigenvalue weighted by molar-refractivity contribution is 8.00. The Labute approximate surface area is 165 Å². The van der Waals surface area contributed by atoms with Crippen molar-refractivity contribution in [2.24, 2.45) is 7.05 Å². The van der Waals surface area contributed by atoms with Gasteiger partial charge >= 0.3 is 0 Å². The summed E-state index contributed by atoms with van der Waals surface area (Å²) in [5.41, 5.74) is 2.76.